The molecule has 6 nitrogen and oxygen atoms in total. The number of benzene rings is 1. The van der Waals surface area contributed by atoms with Crippen molar-refractivity contribution in [1.82, 2.24) is 14.9 Å². The maximum absolute atomic E-state index is 12.5. The number of Topliss-reactive ketones (excluding diaryl/α,β-unsaturated/α-hetero) is 1. The molecule has 6 heteroatoms. The molecule has 0 atom stereocenters. The summed E-state index contributed by atoms with van der Waals surface area (Å²) in [5, 5.41) is 8.96. The van der Waals surface area contributed by atoms with Crippen molar-refractivity contribution >= 4 is 11.5 Å². The number of nitrogens with zero attached hydrogens (tertiary/aromatic N) is 5. The second-order valence-electron chi connectivity index (χ2n) is 7.86. The predicted octanol–water partition coefficient (Wildman–Crippen LogP) is 3.41. The van der Waals surface area contributed by atoms with Gasteiger partial charge in [0.1, 0.15) is 5.78 Å². The highest BCUT2D eigenvalue weighted by atomic mass is 16.1. The van der Waals surface area contributed by atoms with Crippen LogP contribution in [0.25, 0.3) is 11.1 Å². The summed E-state index contributed by atoms with van der Waals surface area (Å²) in [5.74, 6) is 0.149. The van der Waals surface area contributed by atoms with Gasteiger partial charge in [-0.15, -0.1) is 0 Å². The van der Waals surface area contributed by atoms with Crippen molar-refractivity contribution in [2.45, 2.75) is 19.8 Å². The zero-order valence-corrected chi connectivity index (χ0v) is 17.7. The summed E-state index contributed by atoms with van der Waals surface area (Å²) in [7, 11) is 0. The molecule has 0 amide bonds. The van der Waals surface area contributed by atoms with Crippen molar-refractivity contribution in [3.8, 4) is 17.3 Å². The Bertz CT molecular complexity index is 1080. The molecule has 1 saturated heterocycles. The van der Waals surface area contributed by atoms with E-state index in [1.54, 1.807) is 4.90 Å². The van der Waals surface area contributed by atoms with Crippen LogP contribution < -0.4 is 4.90 Å². The van der Waals surface area contributed by atoms with Crippen LogP contribution in [0.2, 0.25) is 0 Å². The van der Waals surface area contributed by atoms with Crippen molar-refractivity contribution in [3.05, 3.63) is 77.9 Å². The first kappa shape index (κ1) is 20.5. The summed E-state index contributed by atoms with van der Waals surface area (Å²) >= 11 is 0. The Morgan fingerprint density at radius 2 is 1.74 bits per heavy atom. The normalized spacial score (nSPS) is 13.7. The topological polar surface area (TPSA) is 73.1 Å². The highest BCUT2D eigenvalue weighted by Crippen LogP contribution is 2.20. The number of hydrogen-bond donors (Lipinski definition) is 0. The van der Waals surface area contributed by atoms with E-state index >= 15 is 0 Å². The third-order valence-corrected chi connectivity index (χ3v) is 5.56. The van der Waals surface area contributed by atoms with Gasteiger partial charge in [-0.05, 0) is 47.9 Å². The molecule has 0 unspecified atom stereocenters. The summed E-state index contributed by atoms with van der Waals surface area (Å²) < 4.78 is 0. The number of piperazine rings is 1. The lowest BCUT2D eigenvalue weighted by atomic mass is 10.0. The number of carbonyl (C=O) groups is 1. The molecule has 3 aromatic rings. The lowest BCUT2D eigenvalue weighted by Gasteiger charge is -2.33. The number of pyridine rings is 2. The van der Waals surface area contributed by atoms with Crippen LogP contribution >= 0.6 is 0 Å². The fourth-order valence-corrected chi connectivity index (χ4v) is 3.81. The fourth-order valence-electron chi connectivity index (χ4n) is 3.81. The number of carbonyl (C=O) groups excluding carboxylic acids is 1. The van der Waals surface area contributed by atoms with E-state index in [1.165, 1.54) is 0 Å². The van der Waals surface area contributed by atoms with E-state index < -0.39 is 0 Å². The first-order valence-corrected chi connectivity index (χ1v) is 10.5. The molecule has 4 rings (SSSR count). The molecular weight excluding hydrogens is 386 g/mol. The van der Waals surface area contributed by atoms with Gasteiger partial charge in [-0.3, -0.25) is 14.8 Å². The van der Waals surface area contributed by atoms with Gasteiger partial charge in [0.15, 0.2) is 6.19 Å². The van der Waals surface area contributed by atoms with Gasteiger partial charge in [-0.1, -0.05) is 24.3 Å². The van der Waals surface area contributed by atoms with Crippen LogP contribution in [0.3, 0.4) is 0 Å². The molecule has 31 heavy (non-hydrogen) atoms. The monoisotopic (exact) mass is 411 g/mol. The van der Waals surface area contributed by atoms with Crippen molar-refractivity contribution in [2.75, 3.05) is 31.1 Å². The number of ketones is 1. The minimum Gasteiger partial charge on any atom is -0.367 e. The van der Waals surface area contributed by atoms with Gasteiger partial charge in [0, 0.05) is 56.6 Å². The largest absolute Gasteiger partial charge is 0.367 e. The summed E-state index contributed by atoms with van der Waals surface area (Å²) in [6, 6.07) is 16.1. The van der Waals surface area contributed by atoms with Crippen LogP contribution in [0, 0.1) is 18.4 Å². The molecule has 3 heterocycles. The maximum atomic E-state index is 12.5. The SMILES string of the molecule is Cc1cc(-c2ccc(CC(=O)Cc3ccc(N4CCN(C#N)CC4)cn3)cc2)ccn1. The van der Waals surface area contributed by atoms with Crippen LogP contribution in [0.15, 0.2) is 60.9 Å². The van der Waals surface area contributed by atoms with Crippen LogP contribution in [-0.2, 0) is 17.6 Å². The van der Waals surface area contributed by atoms with E-state index in [-0.39, 0.29) is 5.78 Å². The third kappa shape index (κ3) is 5.26. The van der Waals surface area contributed by atoms with Gasteiger partial charge in [0.25, 0.3) is 0 Å². The number of aromatic nitrogens is 2. The average molecular weight is 412 g/mol. The average Bonchev–Trinajstić information content (AvgIpc) is 2.80. The third-order valence-electron chi connectivity index (χ3n) is 5.56. The zero-order valence-electron chi connectivity index (χ0n) is 17.7. The Labute approximate surface area is 182 Å². The number of rotatable bonds is 6. The lowest BCUT2D eigenvalue weighted by molar-refractivity contribution is -0.117. The Kier molecular flexibility index (Phi) is 6.23. The fraction of sp³-hybridized carbons (Fsp3) is 0.280. The smallest absolute Gasteiger partial charge is 0.179 e. The van der Waals surface area contributed by atoms with Crippen LogP contribution in [-0.4, -0.2) is 46.8 Å². The van der Waals surface area contributed by atoms with Crippen molar-refractivity contribution in [3.63, 3.8) is 0 Å². The highest BCUT2D eigenvalue weighted by Gasteiger charge is 2.16. The second-order valence-corrected chi connectivity index (χ2v) is 7.86. The second kappa shape index (κ2) is 9.40. The molecule has 0 spiro atoms. The van der Waals surface area contributed by atoms with Gasteiger partial charge in [-0.25, -0.2) is 0 Å². The van der Waals surface area contributed by atoms with Gasteiger partial charge in [0.2, 0.25) is 0 Å². The van der Waals surface area contributed by atoms with Crippen LogP contribution in [0.5, 0.6) is 0 Å². The zero-order chi connectivity index (χ0) is 21.6. The quantitative estimate of drug-likeness (QED) is 0.579. The molecule has 1 aliphatic heterocycles. The predicted molar refractivity (Wildman–Crippen MR) is 120 cm³/mol. The van der Waals surface area contributed by atoms with E-state index in [0.29, 0.717) is 12.8 Å². The van der Waals surface area contributed by atoms with Crippen LogP contribution in [0.4, 0.5) is 5.69 Å². The summed E-state index contributed by atoms with van der Waals surface area (Å²) in [5.41, 5.74) is 6.06. The number of nitriles is 1. The summed E-state index contributed by atoms with van der Waals surface area (Å²) in [6.45, 7) is 5.06. The molecule has 0 radical (unpaired) electrons. The molecule has 0 bridgehead atoms. The first-order valence-electron chi connectivity index (χ1n) is 10.5. The Hall–Kier alpha value is -3.72. The molecule has 2 aromatic heterocycles. The van der Waals surface area contributed by atoms with Crippen molar-refractivity contribution < 1.29 is 4.79 Å². The molecule has 0 N–H and O–H groups in total. The summed E-state index contributed by atoms with van der Waals surface area (Å²) in [6.07, 6.45) is 6.56. The van der Waals surface area contributed by atoms with E-state index in [0.717, 1.165) is 59.9 Å². The van der Waals surface area contributed by atoms with Crippen molar-refractivity contribution in [2.24, 2.45) is 0 Å². The first-order chi connectivity index (χ1) is 15.1. The van der Waals surface area contributed by atoms with Gasteiger partial charge in [-0.2, -0.15) is 5.26 Å². The van der Waals surface area contributed by atoms with Gasteiger partial charge in [0.05, 0.1) is 11.9 Å². The van der Waals surface area contributed by atoms with Crippen LogP contribution in [0.1, 0.15) is 17.0 Å². The standard InChI is InChI=1S/C25H25N5O/c1-19-14-22(8-9-27-19)21-4-2-20(3-5-21)15-25(31)16-23-6-7-24(17-28-23)30-12-10-29(18-26)11-13-30/h2-9,14,17H,10-13,15-16H2,1H3. The van der Waals surface area contributed by atoms with E-state index in [4.69, 9.17) is 5.26 Å². The Morgan fingerprint density at radius 3 is 2.39 bits per heavy atom. The molecule has 1 aliphatic rings. The van der Waals surface area contributed by atoms with Crippen molar-refractivity contribution in [1.29, 1.82) is 5.26 Å². The number of anilines is 1. The van der Waals surface area contributed by atoms with Gasteiger partial charge < -0.3 is 9.80 Å². The van der Waals surface area contributed by atoms with E-state index in [2.05, 4.69) is 39.3 Å². The molecular formula is C25H25N5O. The highest BCUT2D eigenvalue weighted by molar-refractivity contribution is 5.83. The van der Waals surface area contributed by atoms with E-state index in [9.17, 15) is 4.79 Å². The molecule has 156 valence electrons. The van der Waals surface area contributed by atoms with E-state index in [1.807, 2.05) is 49.6 Å². The number of hydrogen-bond acceptors (Lipinski definition) is 6. The molecule has 1 aromatic carbocycles. The Morgan fingerprint density at radius 1 is 0.968 bits per heavy atom. The molecule has 0 aliphatic carbocycles. The molecule has 1 fully saturated rings. The molecule has 0 saturated carbocycles. The van der Waals surface area contributed by atoms with Gasteiger partial charge >= 0.3 is 0 Å². The lowest BCUT2D eigenvalue weighted by Crippen LogP contribution is -2.44. The maximum Gasteiger partial charge on any atom is 0.179 e. The minimum absolute atomic E-state index is 0.149. The minimum atomic E-state index is 0.149. The summed E-state index contributed by atoms with van der Waals surface area (Å²) in [4.78, 5) is 25.3. The number of aryl methyl sites for hydroxylation is 1. The Balaban J connectivity index is 1.32.